The molecule has 2 heteroatoms. The number of rotatable bonds is 3. The van der Waals surface area contributed by atoms with Gasteiger partial charge in [-0.2, -0.15) is 0 Å². The van der Waals surface area contributed by atoms with Gasteiger partial charge in [-0.15, -0.1) is 0 Å². The van der Waals surface area contributed by atoms with Crippen LogP contribution in [0.3, 0.4) is 0 Å². The van der Waals surface area contributed by atoms with E-state index in [0.717, 1.165) is 30.1 Å². The van der Waals surface area contributed by atoms with Crippen molar-refractivity contribution < 1.29 is 4.58 Å². The summed E-state index contributed by atoms with van der Waals surface area (Å²) in [6, 6.07) is 27.5. The van der Waals surface area contributed by atoms with Crippen LogP contribution in [-0.2, 0) is 13.0 Å². The number of hydrogen-bond donors (Lipinski definition) is 0. The summed E-state index contributed by atoms with van der Waals surface area (Å²) in [6.07, 6.45) is 1.07. The van der Waals surface area contributed by atoms with E-state index in [-0.39, 0.29) is 0 Å². The highest BCUT2D eigenvalue weighted by molar-refractivity contribution is 6.35. The average molecular weight is 333 g/mol. The van der Waals surface area contributed by atoms with Gasteiger partial charge in [0.05, 0.1) is 10.6 Å². The van der Waals surface area contributed by atoms with Gasteiger partial charge in [-0.3, -0.25) is 0 Å². The standard InChI is InChI=1S/C22H19ClN/c23-21-13-7-6-12-20(21)22-19-11-5-4-10-18(19)14-15-24(22)16-17-8-2-1-3-9-17/h1-13H,14-16H2/q+1. The third kappa shape index (κ3) is 2.88. The highest BCUT2D eigenvalue weighted by atomic mass is 35.5. The third-order valence-corrected chi connectivity index (χ3v) is 4.91. The Morgan fingerprint density at radius 2 is 1.42 bits per heavy atom. The van der Waals surface area contributed by atoms with Gasteiger partial charge in [-0.25, -0.2) is 4.58 Å². The number of nitrogens with zero attached hydrogens (tertiary/aromatic N) is 1. The van der Waals surface area contributed by atoms with Crippen LogP contribution in [0, 0.1) is 0 Å². The molecular weight excluding hydrogens is 314 g/mol. The molecule has 3 aromatic carbocycles. The Bertz CT molecular complexity index is 897. The first kappa shape index (κ1) is 15.2. The second kappa shape index (κ2) is 6.62. The number of benzene rings is 3. The van der Waals surface area contributed by atoms with Crippen LogP contribution in [0.5, 0.6) is 0 Å². The van der Waals surface area contributed by atoms with E-state index in [2.05, 4.69) is 71.3 Å². The van der Waals surface area contributed by atoms with Gasteiger partial charge in [-0.1, -0.05) is 72.3 Å². The van der Waals surface area contributed by atoms with Crippen LogP contribution in [0.1, 0.15) is 22.3 Å². The van der Waals surface area contributed by atoms with Gasteiger partial charge in [0.2, 0.25) is 5.71 Å². The van der Waals surface area contributed by atoms with Crippen molar-refractivity contribution in [2.45, 2.75) is 13.0 Å². The van der Waals surface area contributed by atoms with Crippen molar-refractivity contribution in [1.82, 2.24) is 0 Å². The molecule has 0 amide bonds. The molecule has 0 fully saturated rings. The summed E-state index contributed by atoms with van der Waals surface area (Å²) in [5.41, 5.74) is 6.37. The Kier molecular flexibility index (Phi) is 4.18. The minimum absolute atomic E-state index is 0.808. The van der Waals surface area contributed by atoms with Crippen LogP contribution in [-0.4, -0.2) is 16.8 Å². The molecule has 0 bridgehead atoms. The summed E-state index contributed by atoms with van der Waals surface area (Å²) in [6.45, 7) is 1.90. The molecule has 0 saturated carbocycles. The molecule has 0 saturated heterocycles. The molecule has 4 rings (SSSR count). The Labute approximate surface area is 147 Å². The fourth-order valence-corrected chi connectivity index (χ4v) is 3.66. The van der Waals surface area contributed by atoms with Crippen LogP contribution in [0.2, 0.25) is 5.02 Å². The van der Waals surface area contributed by atoms with Gasteiger partial charge in [0.1, 0.15) is 6.54 Å². The van der Waals surface area contributed by atoms with Crippen LogP contribution in [0.15, 0.2) is 78.9 Å². The van der Waals surface area contributed by atoms with Crippen LogP contribution in [0.4, 0.5) is 0 Å². The summed E-state index contributed by atoms with van der Waals surface area (Å²) < 4.78 is 2.46. The quantitative estimate of drug-likeness (QED) is 0.597. The fraction of sp³-hybridized carbons (Fsp3) is 0.136. The zero-order valence-electron chi connectivity index (χ0n) is 13.5. The lowest BCUT2D eigenvalue weighted by Crippen LogP contribution is -2.30. The van der Waals surface area contributed by atoms with Gasteiger partial charge in [0.15, 0.2) is 6.54 Å². The molecule has 24 heavy (non-hydrogen) atoms. The summed E-state index contributed by atoms with van der Waals surface area (Å²) in [5, 5.41) is 0.808. The first-order valence-corrected chi connectivity index (χ1v) is 8.70. The third-order valence-electron chi connectivity index (χ3n) is 4.59. The molecule has 1 nitrogen and oxygen atoms in total. The van der Waals surface area contributed by atoms with Gasteiger partial charge in [0, 0.05) is 17.5 Å². The molecule has 118 valence electrons. The SMILES string of the molecule is Clc1ccccc1C1=[N+](Cc2ccccc2)CCc2ccccc21. The van der Waals surface area contributed by atoms with E-state index >= 15 is 0 Å². The lowest BCUT2D eigenvalue weighted by molar-refractivity contribution is -0.544. The van der Waals surface area contributed by atoms with Crippen molar-refractivity contribution in [2.75, 3.05) is 6.54 Å². The lowest BCUT2D eigenvalue weighted by Gasteiger charge is -2.19. The molecule has 1 aliphatic rings. The number of halogens is 1. The minimum Gasteiger partial charge on any atom is -0.224 e. The predicted octanol–water partition coefficient (Wildman–Crippen LogP) is 4.95. The molecule has 0 N–H and O–H groups in total. The zero-order valence-corrected chi connectivity index (χ0v) is 14.2. The van der Waals surface area contributed by atoms with Crippen molar-refractivity contribution in [3.05, 3.63) is 106 Å². The molecular formula is C22H19ClN+. The monoisotopic (exact) mass is 332 g/mol. The van der Waals surface area contributed by atoms with Crippen LogP contribution in [0.25, 0.3) is 0 Å². The van der Waals surface area contributed by atoms with E-state index in [1.165, 1.54) is 22.4 Å². The predicted molar refractivity (Wildman–Crippen MR) is 100 cm³/mol. The summed E-state index contributed by atoms with van der Waals surface area (Å²) in [4.78, 5) is 0. The van der Waals surface area contributed by atoms with E-state index in [0.29, 0.717) is 0 Å². The number of hydrogen-bond acceptors (Lipinski definition) is 0. The van der Waals surface area contributed by atoms with E-state index < -0.39 is 0 Å². The van der Waals surface area contributed by atoms with Crippen molar-refractivity contribution >= 4 is 17.3 Å². The average Bonchev–Trinajstić information content (AvgIpc) is 2.63. The van der Waals surface area contributed by atoms with E-state index in [9.17, 15) is 0 Å². The Morgan fingerprint density at radius 3 is 2.21 bits per heavy atom. The maximum absolute atomic E-state index is 6.54. The van der Waals surface area contributed by atoms with Gasteiger partial charge >= 0.3 is 0 Å². The van der Waals surface area contributed by atoms with Crippen molar-refractivity contribution in [2.24, 2.45) is 0 Å². The normalized spacial score (nSPS) is 13.7. The maximum Gasteiger partial charge on any atom is 0.216 e. The number of fused-ring (bicyclic) bond motifs is 1. The lowest BCUT2D eigenvalue weighted by atomic mass is 9.92. The van der Waals surface area contributed by atoms with Crippen molar-refractivity contribution in [3.8, 4) is 0 Å². The van der Waals surface area contributed by atoms with E-state index in [4.69, 9.17) is 11.6 Å². The molecule has 1 heterocycles. The summed E-state index contributed by atoms with van der Waals surface area (Å²) in [7, 11) is 0. The molecule has 0 unspecified atom stereocenters. The van der Waals surface area contributed by atoms with Crippen molar-refractivity contribution in [3.63, 3.8) is 0 Å². The largest absolute Gasteiger partial charge is 0.224 e. The van der Waals surface area contributed by atoms with Crippen LogP contribution >= 0.6 is 11.6 Å². The van der Waals surface area contributed by atoms with Gasteiger partial charge < -0.3 is 0 Å². The second-order valence-electron chi connectivity index (χ2n) is 6.14. The molecule has 0 radical (unpaired) electrons. The second-order valence-corrected chi connectivity index (χ2v) is 6.55. The smallest absolute Gasteiger partial charge is 0.216 e. The fourth-order valence-electron chi connectivity index (χ4n) is 3.44. The maximum atomic E-state index is 6.54. The van der Waals surface area contributed by atoms with Crippen molar-refractivity contribution in [1.29, 1.82) is 0 Å². The highest BCUT2D eigenvalue weighted by Crippen LogP contribution is 2.25. The summed E-state index contributed by atoms with van der Waals surface area (Å²) >= 11 is 6.54. The molecule has 0 atom stereocenters. The van der Waals surface area contributed by atoms with Gasteiger partial charge in [-0.05, 0) is 23.8 Å². The van der Waals surface area contributed by atoms with Gasteiger partial charge in [0.25, 0.3) is 0 Å². The molecule has 3 aromatic rings. The Balaban J connectivity index is 1.90. The zero-order chi connectivity index (χ0) is 16.4. The Hall–Kier alpha value is -2.38. The van der Waals surface area contributed by atoms with E-state index in [1.54, 1.807) is 0 Å². The summed E-state index contributed by atoms with van der Waals surface area (Å²) in [5.74, 6) is 0. The Morgan fingerprint density at radius 1 is 0.750 bits per heavy atom. The first-order valence-electron chi connectivity index (χ1n) is 8.32. The first-order chi connectivity index (χ1) is 11.8. The molecule has 0 spiro atoms. The topological polar surface area (TPSA) is 3.01 Å². The molecule has 1 aliphatic heterocycles. The minimum atomic E-state index is 0.808. The van der Waals surface area contributed by atoms with E-state index in [1.807, 2.05) is 12.1 Å². The highest BCUT2D eigenvalue weighted by Gasteiger charge is 2.28. The molecule has 0 aliphatic carbocycles. The van der Waals surface area contributed by atoms with Crippen LogP contribution < -0.4 is 0 Å². The molecule has 0 aromatic heterocycles.